The van der Waals surface area contributed by atoms with Crippen LogP contribution >= 0.6 is 0 Å². The summed E-state index contributed by atoms with van der Waals surface area (Å²) in [6, 6.07) is 2.35. The lowest BCUT2D eigenvalue weighted by Crippen LogP contribution is -2.34. The van der Waals surface area contributed by atoms with Gasteiger partial charge in [0.2, 0.25) is 5.91 Å². The highest BCUT2D eigenvalue weighted by atomic mass is 16.1. The van der Waals surface area contributed by atoms with E-state index in [9.17, 15) is 4.79 Å². The summed E-state index contributed by atoms with van der Waals surface area (Å²) in [5.74, 6) is 0.0144. The number of nitrogens with zero attached hydrogens (tertiary/aromatic N) is 2. The van der Waals surface area contributed by atoms with Crippen molar-refractivity contribution < 1.29 is 4.79 Å². The van der Waals surface area contributed by atoms with E-state index in [1.165, 1.54) is 19.2 Å². The Kier molecular flexibility index (Phi) is 3.24. The average molecular weight is 206 g/mol. The molecule has 0 bridgehead atoms. The largest absolute Gasteiger partial charge is 0.349 e. The third-order valence-corrected chi connectivity index (χ3v) is 2.24. The van der Waals surface area contributed by atoms with Gasteiger partial charge in [0.1, 0.15) is 6.33 Å². The van der Waals surface area contributed by atoms with E-state index in [4.69, 9.17) is 0 Å². The minimum Gasteiger partial charge on any atom is -0.349 e. The lowest BCUT2D eigenvalue weighted by molar-refractivity contribution is -0.120. The number of carbonyl (C=O) groups excluding carboxylic acids is 1. The second-order valence-corrected chi connectivity index (χ2v) is 3.63. The zero-order chi connectivity index (χ0) is 10.5. The number of amides is 1. The summed E-state index contributed by atoms with van der Waals surface area (Å²) < 4.78 is 0. The first kappa shape index (κ1) is 10.0. The Morgan fingerprint density at radius 2 is 2.40 bits per heavy atom. The summed E-state index contributed by atoms with van der Waals surface area (Å²) >= 11 is 0. The van der Waals surface area contributed by atoms with Crippen LogP contribution in [-0.4, -0.2) is 28.5 Å². The second kappa shape index (κ2) is 4.84. The van der Waals surface area contributed by atoms with E-state index in [1.807, 2.05) is 0 Å². The third-order valence-electron chi connectivity index (χ3n) is 2.24. The Balaban J connectivity index is 1.66. The summed E-state index contributed by atoms with van der Waals surface area (Å²) in [6.45, 7) is 0.865. The zero-order valence-electron chi connectivity index (χ0n) is 8.44. The molecule has 1 amide bonds. The number of rotatable bonds is 5. The first-order chi connectivity index (χ1) is 7.34. The van der Waals surface area contributed by atoms with E-state index in [2.05, 4.69) is 20.6 Å². The molecule has 1 aliphatic rings. The molecule has 0 unspecified atom stereocenters. The number of nitrogens with one attached hydrogen (secondary N) is 2. The van der Waals surface area contributed by atoms with E-state index >= 15 is 0 Å². The molecule has 0 saturated heterocycles. The smallest absolute Gasteiger partial charge is 0.234 e. The number of carbonyl (C=O) groups is 1. The molecule has 1 fully saturated rings. The van der Waals surface area contributed by atoms with Crippen LogP contribution in [0, 0.1) is 0 Å². The highest BCUT2D eigenvalue weighted by molar-refractivity contribution is 5.77. The standard InChI is InChI=1S/C10H14N4O/c15-10(6-12-8-1-2-8)13-5-9-3-4-11-7-14-9/h3-4,7-8,12H,1-2,5-6H2,(H,13,15). The molecule has 15 heavy (non-hydrogen) atoms. The van der Waals surface area contributed by atoms with Crippen LogP contribution in [0.25, 0.3) is 0 Å². The van der Waals surface area contributed by atoms with Crippen LogP contribution in [0.15, 0.2) is 18.6 Å². The van der Waals surface area contributed by atoms with E-state index in [1.54, 1.807) is 12.3 Å². The normalized spacial score (nSPS) is 14.9. The second-order valence-electron chi connectivity index (χ2n) is 3.63. The van der Waals surface area contributed by atoms with E-state index in [0.29, 0.717) is 19.1 Å². The van der Waals surface area contributed by atoms with Gasteiger partial charge in [0.25, 0.3) is 0 Å². The van der Waals surface area contributed by atoms with E-state index in [0.717, 1.165) is 5.69 Å². The van der Waals surface area contributed by atoms with Crippen LogP contribution < -0.4 is 10.6 Å². The van der Waals surface area contributed by atoms with Crippen LogP contribution in [0.3, 0.4) is 0 Å². The predicted octanol–water partition coefficient (Wildman–Crippen LogP) is -0.155. The molecule has 2 rings (SSSR count). The van der Waals surface area contributed by atoms with Gasteiger partial charge in [0, 0.05) is 12.2 Å². The summed E-state index contributed by atoms with van der Waals surface area (Å²) in [5, 5.41) is 5.94. The molecule has 0 aromatic carbocycles. The van der Waals surface area contributed by atoms with Crippen LogP contribution in [0.1, 0.15) is 18.5 Å². The van der Waals surface area contributed by atoms with Crippen molar-refractivity contribution in [2.45, 2.75) is 25.4 Å². The Labute approximate surface area is 88.3 Å². The van der Waals surface area contributed by atoms with Gasteiger partial charge < -0.3 is 10.6 Å². The van der Waals surface area contributed by atoms with Crippen LogP contribution in [0.4, 0.5) is 0 Å². The molecule has 1 aromatic heterocycles. The van der Waals surface area contributed by atoms with Gasteiger partial charge in [-0.25, -0.2) is 9.97 Å². The molecule has 1 saturated carbocycles. The lowest BCUT2D eigenvalue weighted by Gasteiger charge is -2.04. The number of hydrogen-bond acceptors (Lipinski definition) is 4. The fourth-order valence-electron chi connectivity index (χ4n) is 1.20. The predicted molar refractivity (Wildman–Crippen MR) is 54.9 cm³/mol. The molecule has 5 nitrogen and oxygen atoms in total. The topological polar surface area (TPSA) is 66.9 Å². The van der Waals surface area contributed by atoms with E-state index in [-0.39, 0.29) is 5.91 Å². The van der Waals surface area contributed by atoms with Gasteiger partial charge in [-0.2, -0.15) is 0 Å². The minimum atomic E-state index is 0.0144. The Bertz CT molecular complexity index is 323. The van der Waals surface area contributed by atoms with Crippen LogP contribution in [-0.2, 0) is 11.3 Å². The molecule has 0 spiro atoms. The first-order valence-electron chi connectivity index (χ1n) is 5.09. The van der Waals surface area contributed by atoms with Crippen molar-refractivity contribution in [3.63, 3.8) is 0 Å². The van der Waals surface area contributed by atoms with Gasteiger partial charge >= 0.3 is 0 Å². The highest BCUT2D eigenvalue weighted by Gasteiger charge is 2.20. The Morgan fingerprint density at radius 3 is 3.07 bits per heavy atom. The summed E-state index contributed by atoms with van der Waals surface area (Å²) in [6.07, 6.45) is 5.53. The quantitative estimate of drug-likeness (QED) is 0.703. The SMILES string of the molecule is O=C(CNC1CC1)NCc1ccncn1. The fourth-order valence-corrected chi connectivity index (χ4v) is 1.20. The molecular formula is C10H14N4O. The van der Waals surface area contributed by atoms with Crippen molar-refractivity contribution in [2.24, 2.45) is 0 Å². The van der Waals surface area contributed by atoms with Crippen molar-refractivity contribution in [2.75, 3.05) is 6.54 Å². The van der Waals surface area contributed by atoms with Gasteiger partial charge in [-0.05, 0) is 18.9 Å². The molecule has 2 N–H and O–H groups in total. The maximum atomic E-state index is 11.3. The summed E-state index contributed by atoms with van der Waals surface area (Å²) in [4.78, 5) is 19.1. The number of hydrogen-bond donors (Lipinski definition) is 2. The van der Waals surface area contributed by atoms with E-state index < -0.39 is 0 Å². The molecule has 1 aliphatic carbocycles. The van der Waals surface area contributed by atoms with Crippen molar-refractivity contribution in [3.8, 4) is 0 Å². The molecule has 1 aromatic rings. The van der Waals surface area contributed by atoms with Crippen molar-refractivity contribution in [1.82, 2.24) is 20.6 Å². The molecule has 1 heterocycles. The lowest BCUT2D eigenvalue weighted by atomic mass is 10.4. The molecule has 80 valence electrons. The van der Waals surface area contributed by atoms with Crippen LogP contribution in [0.5, 0.6) is 0 Å². The van der Waals surface area contributed by atoms with Gasteiger partial charge in [0.05, 0.1) is 18.8 Å². The third kappa shape index (κ3) is 3.63. The van der Waals surface area contributed by atoms with Gasteiger partial charge in [-0.1, -0.05) is 0 Å². The molecule has 0 atom stereocenters. The van der Waals surface area contributed by atoms with Gasteiger partial charge in [-0.3, -0.25) is 4.79 Å². The fraction of sp³-hybridized carbons (Fsp3) is 0.500. The maximum Gasteiger partial charge on any atom is 0.234 e. The Hall–Kier alpha value is -1.49. The van der Waals surface area contributed by atoms with Crippen molar-refractivity contribution in [1.29, 1.82) is 0 Å². The monoisotopic (exact) mass is 206 g/mol. The summed E-state index contributed by atoms with van der Waals surface area (Å²) in [5.41, 5.74) is 0.824. The zero-order valence-corrected chi connectivity index (χ0v) is 8.44. The number of aromatic nitrogens is 2. The van der Waals surface area contributed by atoms with Gasteiger partial charge in [0.15, 0.2) is 0 Å². The molecule has 0 radical (unpaired) electrons. The van der Waals surface area contributed by atoms with Crippen molar-refractivity contribution >= 4 is 5.91 Å². The molecule has 0 aliphatic heterocycles. The first-order valence-corrected chi connectivity index (χ1v) is 5.09. The average Bonchev–Trinajstić information content (AvgIpc) is 3.09. The van der Waals surface area contributed by atoms with Gasteiger partial charge in [-0.15, -0.1) is 0 Å². The molecular weight excluding hydrogens is 192 g/mol. The molecule has 5 heteroatoms. The minimum absolute atomic E-state index is 0.0144. The van der Waals surface area contributed by atoms with Crippen LogP contribution in [0.2, 0.25) is 0 Å². The Morgan fingerprint density at radius 1 is 1.53 bits per heavy atom. The summed E-state index contributed by atoms with van der Waals surface area (Å²) in [7, 11) is 0. The highest BCUT2D eigenvalue weighted by Crippen LogP contribution is 2.17. The van der Waals surface area contributed by atoms with Crippen molar-refractivity contribution in [3.05, 3.63) is 24.3 Å². The maximum absolute atomic E-state index is 11.3.